The van der Waals surface area contributed by atoms with Crippen LogP contribution in [0.15, 0.2) is 48.5 Å². The molecule has 2 aromatic carbocycles. The molecular formula is C21H24N2O3. The van der Waals surface area contributed by atoms with Crippen molar-refractivity contribution in [1.29, 1.82) is 0 Å². The molecule has 2 N–H and O–H groups in total. The molecule has 0 aliphatic carbocycles. The van der Waals surface area contributed by atoms with Gasteiger partial charge in [-0.1, -0.05) is 29.8 Å². The molecule has 0 aromatic heterocycles. The Bertz CT molecular complexity index is 765. The molecule has 1 heterocycles. The van der Waals surface area contributed by atoms with Gasteiger partial charge >= 0.3 is 0 Å². The highest BCUT2D eigenvalue weighted by Gasteiger charge is 2.16. The lowest BCUT2D eigenvalue weighted by Crippen LogP contribution is -2.31. The van der Waals surface area contributed by atoms with Crippen molar-refractivity contribution >= 4 is 11.8 Å². The zero-order chi connectivity index (χ0) is 18.4. The number of nitrogens with one attached hydrogen (secondary N) is 2. The Morgan fingerprint density at radius 1 is 1.04 bits per heavy atom. The van der Waals surface area contributed by atoms with Gasteiger partial charge in [0.2, 0.25) is 0 Å². The van der Waals surface area contributed by atoms with E-state index in [-0.39, 0.29) is 17.9 Å². The Labute approximate surface area is 153 Å². The van der Waals surface area contributed by atoms with E-state index in [1.807, 2.05) is 31.2 Å². The largest absolute Gasteiger partial charge is 0.376 e. The van der Waals surface area contributed by atoms with Crippen LogP contribution in [0.3, 0.4) is 0 Å². The van der Waals surface area contributed by atoms with Crippen molar-refractivity contribution in [2.45, 2.75) is 32.4 Å². The van der Waals surface area contributed by atoms with E-state index in [1.54, 1.807) is 24.3 Å². The summed E-state index contributed by atoms with van der Waals surface area (Å²) in [5.74, 6) is -0.301. The predicted molar refractivity (Wildman–Crippen MR) is 100 cm³/mol. The van der Waals surface area contributed by atoms with Gasteiger partial charge in [-0.15, -0.1) is 0 Å². The van der Waals surface area contributed by atoms with Crippen molar-refractivity contribution in [3.8, 4) is 0 Å². The average Bonchev–Trinajstić information content (AvgIpc) is 3.18. The maximum atomic E-state index is 12.3. The van der Waals surface area contributed by atoms with E-state index in [0.717, 1.165) is 30.6 Å². The van der Waals surface area contributed by atoms with Gasteiger partial charge in [0.25, 0.3) is 11.8 Å². The van der Waals surface area contributed by atoms with Crippen LogP contribution in [-0.2, 0) is 11.3 Å². The molecule has 1 aliphatic rings. The quantitative estimate of drug-likeness (QED) is 0.840. The van der Waals surface area contributed by atoms with Gasteiger partial charge in [-0.05, 0) is 49.6 Å². The second-order valence-electron chi connectivity index (χ2n) is 6.59. The molecule has 5 nitrogen and oxygen atoms in total. The first-order chi connectivity index (χ1) is 12.6. The smallest absolute Gasteiger partial charge is 0.251 e. The van der Waals surface area contributed by atoms with E-state index >= 15 is 0 Å². The zero-order valence-corrected chi connectivity index (χ0v) is 15.0. The molecule has 1 unspecified atom stereocenters. The molecule has 136 valence electrons. The molecule has 2 aromatic rings. The van der Waals surface area contributed by atoms with Gasteiger partial charge in [-0.2, -0.15) is 0 Å². The molecule has 0 radical (unpaired) electrons. The highest BCUT2D eigenvalue weighted by atomic mass is 16.5. The number of amides is 2. The van der Waals surface area contributed by atoms with Crippen molar-refractivity contribution in [2.75, 3.05) is 13.2 Å². The Hall–Kier alpha value is -2.66. The van der Waals surface area contributed by atoms with E-state index < -0.39 is 0 Å². The minimum Gasteiger partial charge on any atom is -0.376 e. The van der Waals surface area contributed by atoms with E-state index in [0.29, 0.717) is 24.2 Å². The predicted octanol–water partition coefficient (Wildman–Crippen LogP) is 2.83. The minimum absolute atomic E-state index is 0.116. The third-order valence-corrected chi connectivity index (χ3v) is 4.46. The van der Waals surface area contributed by atoms with Crippen molar-refractivity contribution in [3.05, 3.63) is 70.8 Å². The van der Waals surface area contributed by atoms with Crippen LogP contribution in [-0.4, -0.2) is 31.1 Å². The van der Waals surface area contributed by atoms with Gasteiger partial charge in [0.15, 0.2) is 0 Å². The molecular weight excluding hydrogens is 328 g/mol. The molecule has 1 fully saturated rings. The average molecular weight is 352 g/mol. The molecule has 1 aliphatic heterocycles. The van der Waals surface area contributed by atoms with Crippen LogP contribution in [0.25, 0.3) is 0 Å². The first-order valence-corrected chi connectivity index (χ1v) is 8.95. The number of rotatable bonds is 6. The van der Waals surface area contributed by atoms with E-state index in [1.165, 1.54) is 0 Å². The Morgan fingerprint density at radius 3 is 2.35 bits per heavy atom. The Morgan fingerprint density at radius 2 is 1.73 bits per heavy atom. The van der Waals surface area contributed by atoms with Crippen LogP contribution in [0.5, 0.6) is 0 Å². The monoisotopic (exact) mass is 352 g/mol. The number of hydrogen-bond acceptors (Lipinski definition) is 3. The normalized spacial score (nSPS) is 16.3. The molecule has 0 spiro atoms. The van der Waals surface area contributed by atoms with Gasteiger partial charge in [0, 0.05) is 30.8 Å². The molecule has 26 heavy (non-hydrogen) atoms. The Balaban J connectivity index is 1.51. The van der Waals surface area contributed by atoms with Crippen LogP contribution >= 0.6 is 0 Å². The van der Waals surface area contributed by atoms with Gasteiger partial charge in [-0.3, -0.25) is 9.59 Å². The summed E-state index contributed by atoms with van der Waals surface area (Å²) in [5.41, 5.74) is 3.30. The van der Waals surface area contributed by atoms with Gasteiger partial charge in [0.05, 0.1) is 6.10 Å². The lowest BCUT2D eigenvalue weighted by atomic mass is 10.1. The topological polar surface area (TPSA) is 67.4 Å². The first kappa shape index (κ1) is 18.1. The molecule has 5 heteroatoms. The fourth-order valence-electron chi connectivity index (χ4n) is 2.99. The maximum Gasteiger partial charge on any atom is 0.251 e. The van der Waals surface area contributed by atoms with Crippen LogP contribution in [0.4, 0.5) is 0 Å². The highest BCUT2D eigenvalue weighted by Crippen LogP contribution is 2.11. The van der Waals surface area contributed by atoms with Crippen molar-refractivity contribution < 1.29 is 14.3 Å². The summed E-state index contributed by atoms with van der Waals surface area (Å²) in [6.07, 6.45) is 2.15. The number of ether oxygens (including phenoxy) is 1. The fraction of sp³-hybridized carbons (Fsp3) is 0.333. The zero-order valence-electron chi connectivity index (χ0n) is 15.0. The summed E-state index contributed by atoms with van der Waals surface area (Å²) < 4.78 is 5.49. The summed E-state index contributed by atoms with van der Waals surface area (Å²) in [6.45, 7) is 3.79. The maximum absolute atomic E-state index is 12.3. The van der Waals surface area contributed by atoms with Crippen molar-refractivity contribution in [1.82, 2.24) is 10.6 Å². The second-order valence-corrected chi connectivity index (χ2v) is 6.59. The van der Waals surface area contributed by atoms with E-state index in [9.17, 15) is 9.59 Å². The summed E-state index contributed by atoms with van der Waals surface area (Å²) in [5, 5.41) is 5.77. The van der Waals surface area contributed by atoms with Crippen LogP contribution in [0.2, 0.25) is 0 Å². The standard InChI is InChI=1S/C21H24N2O3/c1-15-4-2-5-16(12-15)13-22-20(24)17-7-9-18(10-8-17)21(25)23-14-19-6-3-11-26-19/h2,4-5,7-10,12,19H,3,6,11,13-14H2,1H3,(H,22,24)(H,23,25). The molecule has 0 saturated carbocycles. The van der Waals surface area contributed by atoms with Crippen LogP contribution in [0, 0.1) is 6.92 Å². The van der Waals surface area contributed by atoms with Gasteiger partial charge < -0.3 is 15.4 Å². The highest BCUT2D eigenvalue weighted by molar-refractivity contribution is 5.97. The first-order valence-electron chi connectivity index (χ1n) is 8.95. The van der Waals surface area contributed by atoms with Crippen LogP contribution in [0.1, 0.15) is 44.7 Å². The van der Waals surface area contributed by atoms with E-state index in [2.05, 4.69) is 10.6 Å². The molecule has 2 amide bonds. The number of hydrogen-bond donors (Lipinski definition) is 2. The lowest BCUT2D eigenvalue weighted by molar-refractivity contribution is 0.0857. The second kappa shape index (κ2) is 8.63. The number of aryl methyl sites for hydroxylation is 1. The third-order valence-electron chi connectivity index (χ3n) is 4.46. The summed E-state index contributed by atoms with van der Waals surface area (Å²) in [4.78, 5) is 24.4. The molecule has 3 rings (SSSR count). The lowest BCUT2D eigenvalue weighted by Gasteiger charge is -2.11. The molecule has 0 bridgehead atoms. The molecule has 1 saturated heterocycles. The van der Waals surface area contributed by atoms with Crippen LogP contribution < -0.4 is 10.6 Å². The number of carbonyl (C=O) groups is 2. The Kier molecular flexibility index (Phi) is 6.02. The number of benzene rings is 2. The SMILES string of the molecule is Cc1cccc(CNC(=O)c2ccc(C(=O)NCC3CCCO3)cc2)c1. The fourth-order valence-corrected chi connectivity index (χ4v) is 2.99. The summed E-state index contributed by atoms with van der Waals surface area (Å²) in [7, 11) is 0. The minimum atomic E-state index is -0.155. The third kappa shape index (κ3) is 4.92. The van der Waals surface area contributed by atoms with Crippen molar-refractivity contribution in [3.63, 3.8) is 0 Å². The summed E-state index contributed by atoms with van der Waals surface area (Å²) >= 11 is 0. The van der Waals surface area contributed by atoms with E-state index in [4.69, 9.17) is 4.74 Å². The van der Waals surface area contributed by atoms with Gasteiger partial charge in [0.1, 0.15) is 0 Å². The summed E-state index contributed by atoms with van der Waals surface area (Å²) in [6, 6.07) is 14.7. The molecule has 1 atom stereocenters. The number of carbonyl (C=O) groups excluding carboxylic acids is 2. The van der Waals surface area contributed by atoms with Crippen molar-refractivity contribution in [2.24, 2.45) is 0 Å². The van der Waals surface area contributed by atoms with Gasteiger partial charge in [-0.25, -0.2) is 0 Å².